The van der Waals surface area contributed by atoms with Crippen LogP contribution in [0.5, 0.6) is 0 Å². The van der Waals surface area contributed by atoms with Gasteiger partial charge in [-0.05, 0) is 43.8 Å². The van der Waals surface area contributed by atoms with E-state index in [-0.39, 0.29) is 5.91 Å². The molecule has 1 atom stereocenters. The molecule has 3 heterocycles. The molecule has 2 N–H and O–H groups in total. The molecule has 1 fully saturated rings. The van der Waals surface area contributed by atoms with Gasteiger partial charge in [0.2, 0.25) is 0 Å². The molecule has 1 amide bonds. The molecule has 2 aromatic rings. The van der Waals surface area contributed by atoms with Crippen LogP contribution in [0.15, 0.2) is 5.38 Å². The zero-order valence-corrected chi connectivity index (χ0v) is 15.9. The van der Waals surface area contributed by atoms with Crippen molar-refractivity contribution in [1.29, 1.82) is 0 Å². The average Bonchev–Trinajstić information content (AvgIpc) is 3.13. The van der Waals surface area contributed by atoms with Crippen LogP contribution < -0.4 is 10.6 Å². The van der Waals surface area contributed by atoms with Crippen molar-refractivity contribution in [2.24, 2.45) is 5.92 Å². The number of likely N-dealkylation sites (tertiary alicyclic amines) is 1. The summed E-state index contributed by atoms with van der Waals surface area (Å²) < 4.78 is 4.23. The summed E-state index contributed by atoms with van der Waals surface area (Å²) in [6, 6.07) is 0. The molecule has 1 aliphatic heterocycles. The summed E-state index contributed by atoms with van der Waals surface area (Å²) in [5.41, 5.74) is 2.36. The second-order valence-corrected chi connectivity index (χ2v) is 7.93. The first-order valence-corrected chi connectivity index (χ1v) is 9.84. The average molecular weight is 366 g/mol. The van der Waals surface area contributed by atoms with Gasteiger partial charge in [-0.1, -0.05) is 6.92 Å². The van der Waals surface area contributed by atoms with Crippen molar-refractivity contribution in [1.82, 2.24) is 14.3 Å². The Hall–Kier alpha value is -1.51. The van der Waals surface area contributed by atoms with E-state index < -0.39 is 0 Å². The summed E-state index contributed by atoms with van der Waals surface area (Å²) in [4.78, 5) is 19.5. The van der Waals surface area contributed by atoms with E-state index in [0.717, 1.165) is 41.9 Å². The number of hydrogen-bond acceptors (Lipinski definition) is 7. The van der Waals surface area contributed by atoms with Crippen molar-refractivity contribution in [2.75, 3.05) is 30.8 Å². The van der Waals surface area contributed by atoms with Crippen LogP contribution in [0.3, 0.4) is 0 Å². The number of anilines is 2. The largest absolute Gasteiger partial charge is 0.378 e. The second-order valence-electron chi connectivity index (χ2n) is 6.30. The van der Waals surface area contributed by atoms with Crippen molar-refractivity contribution >= 4 is 38.9 Å². The number of aryl methyl sites for hydroxylation is 1. The lowest BCUT2D eigenvalue weighted by molar-refractivity contribution is 0.102. The van der Waals surface area contributed by atoms with Crippen LogP contribution in [0.2, 0.25) is 0 Å². The predicted octanol–water partition coefficient (Wildman–Crippen LogP) is 3.43. The highest BCUT2D eigenvalue weighted by Crippen LogP contribution is 2.26. The molecule has 0 unspecified atom stereocenters. The van der Waals surface area contributed by atoms with E-state index in [4.69, 9.17) is 0 Å². The highest BCUT2D eigenvalue weighted by molar-refractivity contribution is 7.14. The Morgan fingerprint density at radius 2 is 2.33 bits per heavy atom. The van der Waals surface area contributed by atoms with E-state index in [2.05, 4.69) is 31.8 Å². The standard InChI is InChI=1S/C16H23N5OS2/c1-10-5-4-6-21(7-10)8-12-9-23-16(18-12)19-14(22)13-11(2)20-24-15(13)17-3/h9-10,17H,4-8H2,1-3H3,(H,18,19,22)/t10-/m1/s1. The first kappa shape index (κ1) is 17.3. The Labute approximate surface area is 150 Å². The van der Waals surface area contributed by atoms with E-state index >= 15 is 0 Å². The molecule has 130 valence electrons. The van der Waals surface area contributed by atoms with E-state index in [1.807, 2.05) is 12.3 Å². The van der Waals surface area contributed by atoms with Gasteiger partial charge in [0, 0.05) is 25.5 Å². The summed E-state index contributed by atoms with van der Waals surface area (Å²) in [6.45, 7) is 7.27. The number of aromatic nitrogens is 2. The number of nitrogens with zero attached hydrogens (tertiary/aromatic N) is 3. The van der Waals surface area contributed by atoms with Crippen LogP contribution in [0.1, 0.15) is 41.5 Å². The Kier molecular flexibility index (Phi) is 5.47. The van der Waals surface area contributed by atoms with Gasteiger partial charge in [-0.15, -0.1) is 11.3 Å². The Bertz CT molecular complexity index is 711. The van der Waals surface area contributed by atoms with Crippen molar-refractivity contribution in [3.05, 3.63) is 22.3 Å². The summed E-state index contributed by atoms with van der Waals surface area (Å²) >= 11 is 2.77. The summed E-state index contributed by atoms with van der Waals surface area (Å²) in [5.74, 6) is 0.601. The molecule has 0 bridgehead atoms. The van der Waals surface area contributed by atoms with Crippen LogP contribution in [-0.4, -0.2) is 40.3 Å². The zero-order valence-electron chi connectivity index (χ0n) is 14.3. The van der Waals surface area contributed by atoms with Gasteiger partial charge >= 0.3 is 0 Å². The summed E-state index contributed by atoms with van der Waals surface area (Å²) in [6.07, 6.45) is 2.57. The molecule has 1 aliphatic rings. The number of amides is 1. The minimum atomic E-state index is -0.155. The summed E-state index contributed by atoms with van der Waals surface area (Å²) in [5, 5.41) is 9.38. The van der Waals surface area contributed by atoms with Gasteiger partial charge in [-0.3, -0.25) is 15.0 Å². The smallest absolute Gasteiger partial charge is 0.262 e. The zero-order chi connectivity index (χ0) is 17.1. The van der Waals surface area contributed by atoms with Crippen LogP contribution in [-0.2, 0) is 6.54 Å². The van der Waals surface area contributed by atoms with E-state index in [1.165, 1.54) is 35.7 Å². The number of thiazole rings is 1. The molecule has 24 heavy (non-hydrogen) atoms. The molecular weight excluding hydrogens is 342 g/mol. The molecule has 6 nitrogen and oxygen atoms in total. The van der Waals surface area contributed by atoms with E-state index in [0.29, 0.717) is 10.7 Å². The topological polar surface area (TPSA) is 70.1 Å². The normalized spacial score (nSPS) is 18.5. The quantitative estimate of drug-likeness (QED) is 0.849. The fourth-order valence-electron chi connectivity index (χ4n) is 3.06. The maximum Gasteiger partial charge on any atom is 0.262 e. The van der Waals surface area contributed by atoms with E-state index in [9.17, 15) is 4.79 Å². The van der Waals surface area contributed by atoms with Crippen molar-refractivity contribution in [2.45, 2.75) is 33.2 Å². The fraction of sp³-hybridized carbons (Fsp3) is 0.562. The van der Waals surface area contributed by atoms with Gasteiger partial charge in [-0.25, -0.2) is 4.98 Å². The number of rotatable bonds is 5. The molecule has 0 aromatic carbocycles. The van der Waals surface area contributed by atoms with Gasteiger partial charge in [0.25, 0.3) is 5.91 Å². The third-order valence-electron chi connectivity index (χ3n) is 4.22. The third kappa shape index (κ3) is 3.93. The van der Waals surface area contributed by atoms with Crippen LogP contribution in [0, 0.1) is 12.8 Å². The molecule has 1 saturated heterocycles. The van der Waals surface area contributed by atoms with Gasteiger partial charge in [-0.2, -0.15) is 4.37 Å². The first-order chi connectivity index (χ1) is 11.6. The molecule has 0 saturated carbocycles. The Morgan fingerprint density at radius 3 is 3.08 bits per heavy atom. The van der Waals surface area contributed by atoms with Crippen LogP contribution in [0.25, 0.3) is 0 Å². The highest BCUT2D eigenvalue weighted by Gasteiger charge is 2.20. The molecule has 0 radical (unpaired) electrons. The number of piperidine rings is 1. The Balaban J connectivity index is 1.63. The summed E-state index contributed by atoms with van der Waals surface area (Å²) in [7, 11) is 1.80. The molecule has 8 heteroatoms. The minimum Gasteiger partial charge on any atom is -0.378 e. The minimum absolute atomic E-state index is 0.155. The van der Waals surface area contributed by atoms with Crippen molar-refractivity contribution < 1.29 is 4.79 Å². The van der Waals surface area contributed by atoms with Gasteiger partial charge in [0.05, 0.1) is 17.0 Å². The Morgan fingerprint density at radius 1 is 1.50 bits per heavy atom. The fourth-order valence-corrected chi connectivity index (χ4v) is 4.50. The van der Waals surface area contributed by atoms with Gasteiger partial charge in [0.15, 0.2) is 5.13 Å². The molecule has 2 aromatic heterocycles. The maximum atomic E-state index is 12.5. The number of nitrogens with one attached hydrogen (secondary N) is 2. The number of carbonyl (C=O) groups excluding carboxylic acids is 1. The van der Waals surface area contributed by atoms with Crippen molar-refractivity contribution in [3.63, 3.8) is 0 Å². The lowest BCUT2D eigenvalue weighted by Crippen LogP contribution is -2.33. The third-order valence-corrected chi connectivity index (χ3v) is 5.98. The second kappa shape index (κ2) is 7.58. The predicted molar refractivity (Wildman–Crippen MR) is 100 cm³/mol. The highest BCUT2D eigenvalue weighted by atomic mass is 32.1. The molecule has 3 rings (SSSR count). The lowest BCUT2D eigenvalue weighted by Gasteiger charge is -2.30. The van der Waals surface area contributed by atoms with Gasteiger partial charge in [0.1, 0.15) is 5.00 Å². The maximum absolute atomic E-state index is 12.5. The van der Waals surface area contributed by atoms with E-state index in [1.54, 1.807) is 7.05 Å². The molecule has 0 aliphatic carbocycles. The molecule has 0 spiro atoms. The van der Waals surface area contributed by atoms with Crippen LogP contribution >= 0.6 is 22.9 Å². The first-order valence-electron chi connectivity index (χ1n) is 8.19. The monoisotopic (exact) mass is 365 g/mol. The SMILES string of the molecule is CNc1snc(C)c1C(=O)Nc1nc(CN2CCC[C@@H](C)C2)cs1. The van der Waals surface area contributed by atoms with Gasteiger partial charge < -0.3 is 5.32 Å². The molecular formula is C16H23N5OS2. The lowest BCUT2D eigenvalue weighted by atomic mass is 10.0. The number of carbonyl (C=O) groups is 1. The van der Waals surface area contributed by atoms with Crippen molar-refractivity contribution in [3.8, 4) is 0 Å². The van der Waals surface area contributed by atoms with Crippen LogP contribution in [0.4, 0.5) is 10.1 Å². The number of hydrogen-bond donors (Lipinski definition) is 2.